The molecule has 0 radical (unpaired) electrons. The first-order valence-corrected chi connectivity index (χ1v) is 4.88. The predicted molar refractivity (Wildman–Crippen MR) is 50.6 cm³/mol. The van der Waals surface area contributed by atoms with Crippen LogP contribution in [0.1, 0.15) is 19.3 Å². The molecule has 1 aliphatic rings. The molecule has 14 heavy (non-hydrogen) atoms. The molecular formula is C11H13FO2. The highest BCUT2D eigenvalue weighted by Crippen LogP contribution is 2.19. The van der Waals surface area contributed by atoms with Crippen LogP contribution >= 0.6 is 0 Å². The van der Waals surface area contributed by atoms with Crippen LogP contribution in [0.25, 0.3) is 0 Å². The second-order valence-electron chi connectivity index (χ2n) is 3.37. The Morgan fingerprint density at radius 1 is 1.36 bits per heavy atom. The van der Waals surface area contributed by atoms with Gasteiger partial charge < -0.3 is 9.47 Å². The van der Waals surface area contributed by atoms with Crippen molar-refractivity contribution in [1.29, 1.82) is 0 Å². The lowest BCUT2D eigenvalue weighted by molar-refractivity contribution is -0.106. The van der Waals surface area contributed by atoms with Crippen LogP contribution in [0.3, 0.4) is 0 Å². The monoisotopic (exact) mass is 196 g/mol. The van der Waals surface area contributed by atoms with Crippen LogP contribution in [0, 0.1) is 5.82 Å². The summed E-state index contributed by atoms with van der Waals surface area (Å²) in [5.74, 6) is 0.259. The highest BCUT2D eigenvalue weighted by Gasteiger charge is 2.14. The first kappa shape index (κ1) is 9.46. The maximum atomic E-state index is 12.8. The normalized spacial score (nSPS) is 21.9. The molecule has 0 spiro atoms. The van der Waals surface area contributed by atoms with Gasteiger partial charge in [0.05, 0.1) is 6.61 Å². The third kappa shape index (κ3) is 2.45. The Bertz CT molecular complexity index is 295. The van der Waals surface area contributed by atoms with E-state index in [-0.39, 0.29) is 12.1 Å². The molecule has 0 aliphatic carbocycles. The van der Waals surface area contributed by atoms with Gasteiger partial charge in [-0.2, -0.15) is 0 Å². The van der Waals surface area contributed by atoms with Gasteiger partial charge in [0, 0.05) is 12.5 Å². The summed E-state index contributed by atoms with van der Waals surface area (Å²) in [5, 5.41) is 0. The van der Waals surface area contributed by atoms with E-state index in [0.29, 0.717) is 5.75 Å². The average molecular weight is 196 g/mol. The first-order chi connectivity index (χ1) is 6.84. The van der Waals surface area contributed by atoms with Crippen LogP contribution in [0.5, 0.6) is 5.75 Å². The number of halogens is 1. The van der Waals surface area contributed by atoms with Crippen LogP contribution in [0.4, 0.5) is 4.39 Å². The van der Waals surface area contributed by atoms with Crippen LogP contribution in [-0.2, 0) is 4.74 Å². The summed E-state index contributed by atoms with van der Waals surface area (Å²) in [7, 11) is 0. The van der Waals surface area contributed by atoms with Gasteiger partial charge in [-0.3, -0.25) is 0 Å². The molecule has 1 heterocycles. The molecule has 1 atom stereocenters. The molecule has 1 saturated heterocycles. The second kappa shape index (κ2) is 4.42. The zero-order valence-corrected chi connectivity index (χ0v) is 7.91. The van der Waals surface area contributed by atoms with Crippen molar-refractivity contribution in [3.63, 3.8) is 0 Å². The molecule has 0 bridgehead atoms. The summed E-state index contributed by atoms with van der Waals surface area (Å²) in [6.45, 7) is 0.736. The smallest absolute Gasteiger partial charge is 0.199 e. The standard InChI is InChI=1S/C11H13FO2/c12-9-4-3-5-10(8-9)14-11-6-1-2-7-13-11/h3-5,8,11H,1-2,6-7H2. The molecule has 1 aromatic carbocycles. The Hall–Kier alpha value is -1.09. The molecule has 2 rings (SSSR count). The van der Waals surface area contributed by atoms with E-state index < -0.39 is 0 Å². The van der Waals surface area contributed by atoms with E-state index in [0.717, 1.165) is 25.9 Å². The number of ether oxygens (including phenoxy) is 2. The van der Waals surface area contributed by atoms with E-state index in [1.54, 1.807) is 12.1 Å². The molecule has 0 amide bonds. The quantitative estimate of drug-likeness (QED) is 0.724. The van der Waals surface area contributed by atoms with Crippen molar-refractivity contribution in [1.82, 2.24) is 0 Å². The third-order valence-corrected chi connectivity index (χ3v) is 2.20. The van der Waals surface area contributed by atoms with Crippen molar-refractivity contribution in [2.45, 2.75) is 25.6 Å². The van der Waals surface area contributed by atoms with Crippen LogP contribution in [0.15, 0.2) is 24.3 Å². The van der Waals surface area contributed by atoms with Gasteiger partial charge in [-0.05, 0) is 25.0 Å². The topological polar surface area (TPSA) is 18.5 Å². The number of rotatable bonds is 2. The number of hydrogen-bond donors (Lipinski definition) is 0. The Balaban J connectivity index is 1.95. The lowest BCUT2D eigenvalue weighted by Crippen LogP contribution is -2.24. The highest BCUT2D eigenvalue weighted by molar-refractivity contribution is 5.22. The van der Waals surface area contributed by atoms with E-state index in [1.807, 2.05) is 0 Å². The van der Waals surface area contributed by atoms with Gasteiger partial charge in [-0.25, -0.2) is 4.39 Å². The Labute approximate surface area is 82.6 Å². The lowest BCUT2D eigenvalue weighted by Gasteiger charge is -2.23. The fraction of sp³-hybridized carbons (Fsp3) is 0.455. The van der Waals surface area contributed by atoms with E-state index in [1.165, 1.54) is 12.1 Å². The maximum absolute atomic E-state index is 12.8. The number of hydrogen-bond acceptors (Lipinski definition) is 2. The summed E-state index contributed by atoms with van der Waals surface area (Å²) < 4.78 is 23.7. The molecule has 76 valence electrons. The molecule has 0 saturated carbocycles. The lowest BCUT2D eigenvalue weighted by atomic mass is 10.2. The van der Waals surface area contributed by atoms with Crippen LogP contribution < -0.4 is 4.74 Å². The Morgan fingerprint density at radius 2 is 2.29 bits per heavy atom. The van der Waals surface area contributed by atoms with Crippen molar-refractivity contribution in [3.8, 4) is 5.75 Å². The zero-order chi connectivity index (χ0) is 9.80. The maximum Gasteiger partial charge on any atom is 0.199 e. The minimum Gasteiger partial charge on any atom is -0.465 e. The molecule has 0 aromatic heterocycles. The second-order valence-corrected chi connectivity index (χ2v) is 3.37. The van der Waals surface area contributed by atoms with Crippen LogP contribution in [-0.4, -0.2) is 12.9 Å². The molecule has 0 N–H and O–H groups in total. The largest absolute Gasteiger partial charge is 0.465 e. The average Bonchev–Trinajstić information content (AvgIpc) is 2.19. The SMILES string of the molecule is Fc1cccc(OC2CCCCO2)c1. The van der Waals surface area contributed by atoms with E-state index >= 15 is 0 Å². The Kier molecular flexibility index (Phi) is 2.99. The van der Waals surface area contributed by atoms with Crippen molar-refractivity contribution in [2.75, 3.05) is 6.61 Å². The summed E-state index contributed by atoms with van der Waals surface area (Å²) in [4.78, 5) is 0. The zero-order valence-electron chi connectivity index (χ0n) is 7.91. The van der Waals surface area contributed by atoms with Gasteiger partial charge in [-0.1, -0.05) is 6.07 Å². The van der Waals surface area contributed by atoms with Gasteiger partial charge in [0.2, 0.25) is 0 Å². The summed E-state index contributed by atoms with van der Waals surface area (Å²) >= 11 is 0. The molecule has 1 aromatic rings. The fourth-order valence-corrected chi connectivity index (χ4v) is 1.50. The molecule has 2 nitrogen and oxygen atoms in total. The third-order valence-electron chi connectivity index (χ3n) is 2.20. The van der Waals surface area contributed by atoms with Gasteiger partial charge in [0.15, 0.2) is 6.29 Å². The molecular weight excluding hydrogens is 183 g/mol. The van der Waals surface area contributed by atoms with Crippen molar-refractivity contribution in [2.24, 2.45) is 0 Å². The van der Waals surface area contributed by atoms with Crippen molar-refractivity contribution in [3.05, 3.63) is 30.1 Å². The van der Waals surface area contributed by atoms with Crippen LogP contribution in [0.2, 0.25) is 0 Å². The van der Waals surface area contributed by atoms with E-state index in [2.05, 4.69) is 0 Å². The fourth-order valence-electron chi connectivity index (χ4n) is 1.50. The van der Waals surface area contributed by atoms with Crippen molar-refractivity contribution >= 4 is 0 Å². The predicted octanol–water partition coefficient (Wildman–Crippen LogP) is 2.73. The van der Waals surface area contributed by atoms with Gasteiger partial charge in [-0.15, -0.1) is 0 Å². The van der Waals surface area contributed by atoms with Gasteiger partial charge in [0.1, 0.15) is 11.6 Å². The highest BCUT2D eigenvalue weighted by atomic mass is 19.1. The van der Waals surface area contributed by atoms with E-state index in [4.69, 9.17) is 9.47 Å². The molecule has 1 fully saturated rings. The summed E-state index contributed by atoms with van der Waals surface area (Å²) in [6.07, 6.45) is 2.88. The summed E-state index contributed by atoms with van der Waals surface area (Å²) in [6, 6.07) is 6.14. The molecule has 1 aliphatic heterocycles. The summed E-state index contributed by atoms with van der Waals surface area (Å²) in [5.41, 5.74) is 0. The minimum atomic E-state index is -0.279. The van der Waals surface area contributed by atoms with Gasteiger partial charge >= 0.3 is 0 Å². The molecule has 1 unspecified atom stereocenters. The van der Waals surface area contributed by atoms with E-state index in [9.17, 15) is 4.39 Å². The number of benzene rings is 1. The first-order valence-electron chi connectivity index (χ1n) is 4.88. The van der Waals surface area contributed by atoms with Crippen molar-refractivity contribution < 1.29 is 13.9 Å². The van der Waals surface area contributed by atoms with Gasteiger partial charge in [0.25, 0.3) is 0 Å². The Morgan fingerprint density at radius 3 is 3.00 bits per heavy atom. The molecule has 3 heteroatoms. The minimum absolute atomic E-state index is 0.203.